The Labute approximate surface area is 136 Å². The van der Waals surface area contributed by atoms with E-state index in [1.165, 1.54) is 25.9 Å². The molecule has 0 bridgehead atoms. The van der Waals surface area contributed by atoms with Gasteiger partial charge in [0.25, 0.3) is 0 Å². The summed E-state index contributed by atoms with van der Waals surface area (Å²) < 4.78 is 0. The van der Waals surface area contributed by atoms with Crippen molar-refractivity contribution in [3.8, 4) is 0 Å². The van der Waals surface area contributed by atoms with Crippen molar-refractivity contribution >= 4 is 18.3 Å². The third-order valence-corrected chi connectivity index (χ3v) is 4.02. The van der Waals surface area contributed by atoms with E-state index >= 15 is 0 Å². The quantitative estimate of drug-likeness (QED) is 0.642. The number of carbonyl (C=O) groups is 1. The van der Waals surface area contributed by atoms with Gasteiger partial charge in [0.2, 0.25) is 5.91 Å². The summed E-state index contributed by atoms with van der Waals surface area (Å²) in [6.07, 6.45) is 5.43. The lowest BCUT2D eigenvalue weighted by atomic mass is 9.92. The number of nitrogens with zero attached hydrogens (tertiary/aromatic N) is 1. The van der Waals surface area contributed by atoms with E-state index in [9.17, 15) is 4.79 Å². The van der Waals surface area contributed by atoms with Gasteiger partial charge in [-0.1, -0.05) is 13.8 Å². The fourth-order valence-corrected chi connectivity index (χ4v) is 3.00. The molecule has 2 atom stereocenters. The van der Waals surface area contributed by atoms with Crippen LogP contribution >= 0.6 is 12.4 Å². The number of piperidine rings is 1. The number of nitrogens with one attached hydrogen (secondary N) is 2. The van der Waals surface area contributed by atoms with Crippen LogP contribution in [0, 0.1) is 5.92 Å². The summed E-state index contributed by atoms with van der Waals surface area (Å²) in [7, 11) is 0. The third kappa shape index (κ3) is 8.64. The van der Waals surface area contributed by atoms with E-state index in [-0.39, 0.29) is 24.2 Å². The van der Waals surface area contributed by atoms with Crippen LogP contribution in [0.4, 0.5) is 0 Å². The second-order valence-electron chi connectivity index (χ2n) is 6.06. The van der Waals surface area contributed by atoms with E-state index in [0.717, 1.165) is 38.9 Å². The van der Waals surface area contributed by atoms with Gasteiger partial charge in [-0.15, -0.1) is 12.4 Å². The summed E-state index contributed by atoms with van der Waals surface area (Å²) in [5.41, 5.74) is 0. The van der Waals surface area contributed by atoms with Crippen molar-refractivity contribution in [2.45, 2.75) is 58.9 Å². The van der Waals surface area contributed by atoms with Gasteiger partial charge in [0.1, 0.15) is 0 Å². The number of hydrogen-bond acceptors (Lipinski definition) is 3. The molecule has 1 rings (SSSR count). The molecule has 1 saturated heterocycles. The van der Waals surface area contributed by atoms with E-state index in [0.29, 0.717) is 6.04 Å². The van der Waals surface area contributed by atoms with Gasteiger partial charge in [0.05, 0.1) is 0 Å². The van der Waals surface area contributed by atoms with Crippen LogP contribution in [0.2, 0.25) is 0 Å². The monoisotopic (exact) mass is 319 g/mol. The second kappa shape index (κ2) is 12.2. The Hall–Kier alpha value is -0.320. The minimum absolute atomic E-state index is 0. The van der Waals surface area contributed by atoms with Gasteiger partial charge >= 0.3 is 0 Å². The first-order valence-electron chi connectivity index (χ1n) is 8.40. The van der Waals surface area contributed by atoms with Crippen LogP contribution in [-0.2, 0) is 4.79 Å². The molecule has 1 heterocycles. The highest BCUT2D eigenvalue weighted by Gasteiger charge is 2.24. The highest BCUT2D eigenvalue weighted by Crippen LogP contribution is 2.15. The number of halogens is 1. The predicted octanol–water partition coefficient (Wildman–Crippen LogP) is 2.42. The molecule has 1 aliphatic rings. The van der Waals surface area contributed by atoms with Crippen molar-refractivity contribution < 1.29 is 4.79 Å². The standard InChI is InChI=1S/C16H33N3O.ClH/c1-4-10-19(11-5-2)12-6-8-18-16(20)15-7-9-17-14(3)13-15;/h14-15,17H,4-13H2,1-3H3,(H,18,20);1H/t14-,15-;/m0./s1. The zero-order valence-corrected chi connectivity index (χ0v) is 14.8. The first kappa shape index (κ1) is 20.7. The van der Waals surface area contributed by atoms with Crippen molar-refractivity contribution in [3.05, 3.63) is 0 Å². The Kier molecular flexibility index (Phi) is 12.1. The average Bonchev–Trinajstić information content (AvgIpc) is 2.43. The number of hydrogen-bond donors (Lipinski definition) is 2. The third-order valence-electron chi connectivity index (χ3n) is 4.02. The van der Waals surface area contributed by atoms with Crippen LogP contribution in [0.25, 0.3) is 0 Å². The minimum Gasteiger partial charge on any atom is -0.356 e. The molecule has 0 saturated carbocycles. The van der Waals surface area contributed by atoms with E-state index in [1.807, 2.05) is 0 Å². The van der Waals surface area contributed by atoms with Crippen LogP contribution in [-0.4, -0.2) is 49.6 Å². The van der Waals surface area contributed by atoms with Crippen molar-refractivity contribution in [2.75, 3.05) is 32.7 Å². The maximum atomic E-state index is 12.1. The average molecular weight is 320 g/mol. The van der Waals surface area contributed by atoms with Gasteiger partial charge in [-0.2, -0.15) is 0 Å². The summed E-state index contributed by atoms with van der Waals surface area (Å²) >= 11 is 0. The van der Waals surface area contributed by atoms with Crippen LogP contribution in [0.15, 0.2) is 0 Å². The first-order valence-corrected chi connectivity index (χ1v) is 8.40. The summed E-state index contributed by atoms with van der Waals surface area (Å²) in [5.74, 6) is 0.476. The van der Waals surface area contributed by atoms with Gasteiger partial charge in [-0.3, -0.25) is 4.79 Å². The first-order chi connectivity index (χ1) is 9.67. The van der Waals surface area contributed by atoms with Crippen LogP contribution < -0.4 is 10.6 Å². The van der Waals surface area contributed by atoms with Crippen molar-refractivity contribution in [3.63, 3.8) is 0 Å². The molecule has 1 aliphatic heterocycles. The van der Waals surface area contributed by atoms with Crippen LogP contribution in [0.5, 0.6) is 0 Å². The Morgan fingerprint density at radius 1 is 1.24 bits per heavy atom. The van der Waals surface area contributed by atoms with Crippen molar-refractivity contribution in [1.29, 1.82) is 0 Å². The maximum Gasteiger partial charge on any atom is 0.223 e. The molecule has 0 aromatic rings. The minimum atomic E-state index is 0. The Morgan fingerprint density at radius 2 is 1.90 bits per heavy atom. The normalized spacial score (nSPS) is 21.9. The lowest BCUT2D eigenvalue weighted by Crippen LogP contribution is -2.42. The predicted molar refractivity (Wildman–Crippen MR) is 92.1 cm³/mol. The lowest BCUT2D eigenvalue weighted by molar-refractivity contribution is -0.126. The summed E-state index contributed by atoms with van der Waals surface area (Å²) in [4.78, 5) is 14.6. The molecule has 0 unspecified atom stereocenters. The molecular weight excluding hydrogens is 286 g/mol. The van der Waals surface area contributed by atoms with E-state index < -0.39 is 0 Å². The van der Waals surface area contributed by atoms with Crippen LogP contribution in [0.3, 0.4) is 0 Å². The van der Waals surface area contributed by atoms with Gasteiger partial charge < -0.3 is 15.5 Å². The van der Waals surface area contributed by atoms with Crippen LogP contribution in [0.1, 0.15) is 52.9 Å². The lowest BCUT2D eigenvalue weighted by Gasteiger charge is -2.27. The molecule has 0 radical (unpaired) electrons. The number of carbonyl (C=O) groups excluding carboxylic acids is 1. The Morgan fingerprint density at radius 3 is 2.48 bits per heavy atom. The molecule has 0 aliphatic carbocycles. The highest BCUT2D eigenvalue weighted by molar-refractivity contribution is 5.85. The Balaban J connectivity index is 0.00000400. The maximum absolute atomic E-state index is 12.1. The molecule has 5 heteroatoms. The molecule has 0 spiro atoms. The molecule has 0 aromatic carbocycles. The summed E-state index contributed by atoms with van der Waals surface area (Å²) in [5, 5.41) is 6.51. The summed E-state index contributed by atoms with van der Waals surface area (Å²) in [6, 6.07) is 0.476. The molecule has 2 N–H and O–H groups in total. The molecule has 21 heavy (non-hydrogen) atoms. The van der Waals surface area contributed by atoms with Crippen molar-refractivity contribution in [2.24, 2.45) is 5.92 Å². The van der Waals surface area contributed by atoms with E-state index in [2.05, 4.69) is 36.3 Å². The SMILES string of the molecule is CCCN(CCC)CCCNC(=O)[C@H]1CCN[C@@H](C)C1.Cl. The molecule has 126 valence electrons. The second-order valence-corrected chi connectivity index (χ2v) is 6.06. The zero-order chi connectivity index (χ0) is 14.8. The van der Waals surface area contributed by atoms with Gasteiger partial charge in [0.15, 0.2) is 0 Å². The fraction of sp³-hybridized carbons (Fsp3) is 0.938. The number of rotatable bonds is 9. The smallest absolute Gasteiger partial charge is 0.223 e. The molecular formula is C16H34ClN3O. The van der Waals surface area contributed by atoms with E-state index in [4.69, 9.17) is 0 Å². The zero-order valence-electron chi connectivity index (χ0n) is 14.0. The van der Waals surface area contributed by atoms with Gasteiger partial charge in [0, 0.05) is 18.5 Å². The molecule has 0 aromatic heterocycles. The van der Waals surface area contributed by atoms with Gasteiger partial charge in [-0.05, 0) is 65.2 Å². The molecule has 4 nitrogen and oxygen atoms in total. The fourth-order valence-electron chi connectivity index (χ4n) is 3.00. The van der Waals surface area contributed by atoms with Gasteiger partial charge in [-0.25, -0.2) is 0 Å². The molecule has 1 fully saturated rings. The molecule has 1 amide bonds. The Bertz CT molecular complexity index is 270. The topological polar surface area (TPSA) is 44.4 Å². The summed E-state index contributed by atoms with van der Waals surface area (Å²) in [6.45, 7) is 11.9. The largest absolute Gasteiger partial charge is 0.356 e. The highest BCUT2D eigenvalue weighted by atomic mass is 35.5. The number of amides is 1. The van der Waals surface area contributed by atoms with E-state index in [1.54, 1.807) is 0 Å². The van der Waals surface area contributed by atoms with Crippen molar-refractivity contribution in [1.82, 2.24) is 15.5 Å².